The molecule has 20 heteroatoms. The first-order valence-corrected chi connectivity index (χ1v) is 20.0. The fraction of sp³-hybridized carbons (Fsp3) is 0.500. The van der Waals surface area contributed by atoms with Crippen LogP contribution in [-0.2, 0) is 35.8 Å². The van der Waals surface area contributed by atoms with Crippen molar-refractivity contribution >= 4 is 61.9 Å². The molecule has 0 bridgehead atoms. The number of alkyl halides is 3. The number of aryl methyl sites for hydroxylation is 2. The molecule has 2 fully saturated rings. The van der Waals surface area contributed by atoms with Gasteiger partial charge in [-0.3, -0.25) is 9.59 Å². The van der Waals surface area contributed by atoms with Crippen LogP contribution in [0.3, 0.4) is 0 Å². The number of unbranched alkanes of at least 4 members (excludes halogenated alkanes) is 1. The number of carboxylic acid groups (broad SMARTS) is 1. The summed E-state index contributed by atoms with van der Waals surface area (Å²) in [6.07, 6.45) is -2.72. The third-order valence-corrected chi connectivity index (χ3v) is 11.9. The number of benzene rings is 2. The lowest BCUT2D eigenvalue weighted by molar-refractivity contribution is -0.192. The quantitative estimate of drug-likeness (QED) is 0.189. The molecule has 3 aromatic rings. The molecule has 0 radical (unpaired) electrons. The van der Waals surface area contributed by atoms with Crippen molar-refractivity contribution < 1.29 is 50.6 Å². The second-order valence-corrected chi connectivity index (χ2v) is 15.9. The number of rotatable bonds is 12. The van der Waals surface area contributed by atoms with Crippen LogP contribution in [0.1, 0.15) is 48.9 Å². The summed E-state index contributed by atoms with van der Waals surface area (Å²) in [6, 6.07) is 9.73. The van der Waals surface area contributed by atoms with Crippen molar-refractivity contribution in [1.29, 1.82) is 0 Å². The van der Waals surface area contributed by atoms with E-state index in [1.54, 1.807) is 15.9 Å². The maximum atomic E-state index is 14.1. The number of hydrogen-bond acceptors (Lipinski definition) is 10. The van der Waals surface area contributed by atoms with Gasteiger partial charge in [0.2, 0.25) is 21.8 Å². The van der Waals surface area contributed by atoms with Crippen molar-refractivity contribution in [1.82, 2.24) is 19.5 Å². The number of amides is 2. The molecule has 2 aliphatic rings. The Bertz CT molecular complexity index is 2010. The van der Waals surface area contributed by atoms with E-state index >= 15 is 0 Å². The van der Waals surface area contributed by atoms with Gasteiger partial charge < -0.3 is 35.8 Å². The van der Waals surface area contributed by atoms with E-state index in [1.165, 1.54) is 12.1 Å². The summed E-state index contributed by atoms with van der Waals surface area (Å²) in [6.45, 7) is 5.79. The van der Waals surface area contributed by atoms with Crippen molar-refractivity contribution in [2.75, 3.05) is 45.9 Å². The second-order valence-electron chi connectivity index (χ2n) is 13.5. The number of pyridine rings is 1. The van der Waals surface area contributed by atoms with Crippen LogP contribution >= 0.6 is 23.2 Å². The standard InChI is InChI=1S/C34H44Cl2N6O6S.C2HF3O2/c1-22-20-23(2)39-31-24(22)6-5-8-28(31)48-21-25-26(35)9-10-29(30(25)36)49(45,46)40-34(11-18-47-19-12-34)33(44)42-16-14-41(15-17-42)32(43)27(38)7-3-4-13-37;3-2(4,5)1(6)7/h5-6,8-10,20,27,40H,3-4,7,11-19,21,37-38H2,1-2H3;(H,6,7)/t27-;/m0./s1. The molecule has 14 nitrogen and oxygen atoms in total. The van der Waals surface area contributed by atoms with E-state index in [0.29, 0.717) is 37.3 Å². The summed E-state index contributed by atoms with van der Waals surface area (Å²) in [7, 11) is -4.35. The van der Waals surface area contributed by atoms with Crippen LogP contribution in [-0.4, -0.2) is 110 Å². The van der Waals surface area contributed by atoms with E-state index in [9.17, 15) is 31.2 Å². The molecule has 0 spiro atoms. The predicted molar refractivity (Wildman–Crippen MR) is 203 cm³/mol. The number of nitrogens with two attached hydrogens (primary N) is 2. The molecule has 0 aliphatic carbocycles. The van der Waals surface area contributed by atoms with Gasteiger partial charge in [-0.25, -0.2) is 18.2 Å². The molecule has 0 unspecified atom stereocenters. The van der Waals surface area contributed by atoms with E-state index in [-0.39, 0.29) is 78.1 Å². The molecule has 1 atom stereocenters. The average Bonchev–Trinajstić information content (AvgIpc) is 3.14. The molecule has 3 heterocycles. The van der Waals surface area contributed by atoms with Gasteiger partial charge in [0.05, 0.1) is 11.1 Å². The number of hydrogen-bond donors (Lipinski definition) is 4. The SMILES string of the molecule is Cc1cc(C)c2cccc(OCc3c(Cl)ccc(S(=O)(=O)NC4(C(=O)N5CCN(C(=O)[C@@H](N)CCCCN)CC5)CCOCC4)c3Cl)c2n1.O=C(O)C(F)(F)F. The van der Waals surface area contributed by atoms with E-state index in [0.717, 1.165) is 29.5 Å². The number of aliphatic carboxylic acids is 1. The van der Waals surface area contributed by atoms with Gasteiger partial charge in [0.1, 0.15) is 28.3 Å². The smallest absolute Gasteiger partial charge is 0.487 e. The predicted octanol–water partition coefficient (Wildman–Crippen LogP) is 4.33. The number of fused-ring (bicyclic) bond motifs is 1. The topological polar surface area (TPSA) is 207 Å². The number of carboxylic acids is 1. The number of nitrogens with one attached hydrogen (secondary N) is 1. The summed E-state index contributed by atoms with van der Waals surface area (Å²) in [4.78, 5) is 43.6. The normalized spacial score (nSPS) is 16.5. The van der Waals surface area contributed by atoms with Crippen LogP contribution in [0.5, 0.6) is 5.75 Å². The zero-order valence-corrected chi connectivity index (χ0v) is 33.2. The number of piperazine rings is 1. The van der Waals surface area contributed by atoms with Gasteiger partial charge in [-0.15, -0.1) is 0 Å². The Labute approximate surface area is 332 Å². The van der Waals surface area contributed by atoms with Crippen molar-refractivity contribution in [3.8, 4) is 5.75 Å². The third kappa shape index (κ3) is 11.0. The summed E-state index contributed by atoms with van der Waals surface area (Å²) in [5.74, 6) is -2.79. The first-order valence-electron chi connectivity index (χ1n) is 17.7. The average molecular weight is 850 g/mol. The number of carbonyl (C=O) groups is 3. The molecule has 2 aliphatic heterocycles. The minimum Gasteiger partial charge on any atom is -0.487 e. The molecule has 0 saturated carbocycles. The van der Waals surface area contributed by atoms with Gasteiger partial charge >= 0.3 is 12.1 Å². The molecule has 308 valence electrons. The van der Waals surface area contributed by atoms with Crippen LogP contribution in [0.15, 0.2) is 41.3 Å². The van der Waals surface area contributed by atoms with Crippen molar-refractivity contribution in [2.45, 2.75) is 75.2 Å². The first-order chi connectivity index (χ1) is 26.3. The van der Waals surface area contributed by atoms with Gasteiger partial charge in [0.15, 0.2) is 0 Å². The zero-order chi connectivity index (χ0) is 41.4. The molecule has 6 N–H and O–H groups in total. The third-order valence-electron chi connectivity index (χ3n) is 9.44. The van der Waals surface area contributed by atoms with Crippen molar-refractivity contribution in [3.05, 3.63) is 63.3 Å². The number of halogens is 5. The van der Waals surface area contributed by atoms with Gasteiger partial charge in [0, 0.05) is 61.1 Å². The Balaban J connectivity index is 0.000000908. The maximum absolute atomic E-state index is 14.1. The highest BCUT2D eigenvalue weighted by atomic mass is 35.5. The Morgan fingerprint density at radius 1 is 1.05 bits per heavy atom. The van der Waals surface area contributed by atoms with Crippen LogP contribution < -0.4 is 20.9 Å². The Morgan fingerprint density at radius 2 is 1.68 bits per heavy atom. The fourth-order valence-electron chi connectivity index (χ4n) is 6.43. The summed E-state index contributed by atoms with van der Waals surface area (Å²) in [5.41, 5.74) is 13.1. The highest BCUT2D eigenvalue weighted by Crippen LogP contribution is 2.35. The zero-order valence-electron chi connectivity index (χ0n) is 30.8. The van der Waals surface area contributed by atoms with Crippen LogP contribution in [0.25, 0.3) is 10.9 Å². The number of para-hydroxylation sites is 1. The van der Waals surface area contributed by atoms with Crippen LogP contribution in [0.2, 0.25) is 10.0 Å². The minimum absolute atomic E-state index is 0.106. The van der Waals surface area contributed by atoms with Gasteiger partial charge in [-0.2, -0.15) is 17.9 Å². The Hall–Kier alpha value is -3.78. The highest BCUT2D eigenvalue weighted by molar-refractivity contribution is 7.89. The maximum Gasteiger partial charge on any atom is 0.490 e. The lowest BCUT2D eigenvalue weighted by Gasteiger charge is -2.43. The van der Waals surface area contributed by atoms with Crippen LogP contribution in [0.4, 0.5) is 13.2 Å². The Morgan fingerprint density at radius 3 is 2.29 bits per heavy atom. The molecule has 5 rings (SSSR count). The van der Waals surface area contributed by atoms with Gasteiger partial charge in [0.25, 0.3) is 0 Å². The van der Waals surface area contributed by atoms with Crippen molar-refractivity contribution in [2.24, 2.45) is 11.5 Å². The summed E-state index contributed by atoms with van der Waals surface area (Å²) < 4.78 is 74.2. The highest BCUT2D eigenvalue weighted by Gasteiger charge is 2.47. The fourth-order valence-corrected chi connectivity index (χ4v) is 8.74. The lowest BCUT2D eigenvalue weighted by atomic mass is 9.89. The van der Waals surface area contributed by atoms with Crippen molar-refractivity contribution in [3.63, 3.8) is 0 Å². The van der Waals surface area contributed by atoms with Gasteiger partial charge in [-0.05, 0) is 75.9 Å². The van der Waals surface area contributed by atoms with E-state index in [4.69, 9.17) is 54.0 Å². The minimum atomic E-state index is -5.08. The largest absolute Gasteiger partial charge is 0.490 e. The number of aromatic nitrogens is 1. The van der Waals surface area contributed by atoms with E-state index < -0.39 is 33.7 Å². The van der Waals surface area contributed by atoms with E-state index in [1.807, 2.05) is 32.0 Å². The number of sulfonamides is 1. The second kappa shape index (κ2) is 19.1. The summed E-state index contributed by atoms with van der Waals surface area (Å²) >= 11 is 13.3. The van der Waals surface area contributed by atoms with E-state index in [2.05, 4.69) is 9.71 Å². The first kappa shape index (κ1) is 44.9. The molecule has 2 saturated heterocycles. The van der Waals surface area contributed by atoms with Gasteiger partial charge in [-0.1, -0.05) is 41.8 Å². The molecule has 56 heavy (non-hydrogen) atoms. The van der Waals surface area contributed by atoms with Crippen LogP contribution in [0, 0.1) is 13.8 Å². The number of nitrogens with zero attached hydrogens (tertiary/aromatic N) is 3. The molecular weight excluding hydrogens is 804 g/mol. The summed E-state index contributed by atoms with van der Waals surface area (Å²) in [5, 5.41) is 8.18. The number of ether oxygens (including phenoxy) is 2. The molecule has 1 aromatic heterocycles. The molecular formula is C36H45Cl2F3N6O8S. The lowest BCUT2D eigenvalue weighted by Crippen LogP contribution is -2.64. The number of carbonyl (C=O) groups excluding carboxylic acids is 2. The molecule has 2 aromatic carbocycles. The monoisotopic (exact) mass is 848 g/mol. The molecule has 2 amide bonds. The Kier molecular flexibility index (Phi) is 15.3.